The second-order valence-electron chi connectivity index (χ2n) is 2.70. The molecule has 3 nitrogen and oxygen atoms in total. The molecule has 2 saturated heterocycles. The molecule has 2 aliphatic heterocycles. The molecule has 2 heterocycles. The summed E-state index contributed by atoms with van der Waals surface area (Å²) in [4.78, 5) is 0. The lowest BCUT2D eigenvalue weighted by Crippen LogP contribution is -2.39. The van der Waals surface area contributed by atoms with E-state index in [2.05, 4.69) is 0 Å². The van der Waals surface area contributed by atoms with E-state index in [1.807, 2.05) is 0 Å². The maximum Gasteiger partial charge on any atom is 0.173 e. The third kappa shape index (κ3) is 0.852. The topological polar surface area (TPSA) is 44.5 Å². The van der Waals surface area contributed by atoms with E-state index in [9.17, 15) is 0 Å². The summed E-state index contributed by atoms with van der Waals surface area (Å²) in [6.07, 6.45) is 2.37. The lowest BCUT2D eigenvalue weighted by Gasteiger charge is -2.23. The van der Waals surface area contributed by atoms with Crippen LogP contribution in [0.2, 0.25) is 0 Å². The van der Waals surface area contributed by atoms with E-state index in [-0.39, 0.29) is 12.3 Å². The Labute approximate surface area is 54.1 Å². The summed E-state index contributed by atoms with van der Waals surface area (Å²) in [5.41, 5.74) is 5.67. The Morgan fingerprint density at radius 3 is 3.00 bits per heavy atom. The minimum absolute atomic E-state index is 0.0938. The third-order valence-corrected chi connectivity index (χ3v) is 1.94. The quantitative estimate of drug-likeness (QED) is 0.494. The molecule has 1 unspecified atom stereocenters. The van der Waals surface area contributed by atoms with E-state index in [1.54, 1.807) is 0 Å². The molecule has 0 spiro atoms. The van der Waals surface area contributed by atoms with Crippen LogP contribution in [0.4, 0.5) is 0 Å². The van der Waals surface area contributed by atoms with Crippen molar-refractivity contribution in [3.63, 3.8) is 0 Å². The molecule has 2 aliphatic rings. The van der Waals surface area contributed by atoms with E-state index >= 15 is 0 Å². The molecule has 0 aromatic heterocycles. The van der Waals surface area contributed by atoms with E-state index in [1.165, 1.54) is 0 Å². The lowest BCUT2D eigenvalue weighted by molar-refractivity contribution is -0.0942. The first-order valence-electron chi connectivity index (χ1n) is 3.39. The van der Waals surface area contributed by atoms with Gasteiger partial charge in [0.15, 0.2) is 6.29 Å². The lowest BCUT2D eigenvalue weighted by atomic mass is 10.1. The predicted molar refractivity (Wildman–Crippen MR) is 31.8 cm³/mol. The fraction of sp³-hybridized carbons (Fsp3) is 1.00. The number of fused-ring (bicyclic) bond motifs is 2. The Hall–Kier alpha value is -0.120. The number of hydrogen-bond acceptors (Lipinski definition) is 3. The molecule has 0 radical (unpaired) electrons. The van der Waals surface area contributed by atoms with Crippen molar-refractivity contribution in [1.82, 2.24) is 0 Å². The fourth-order valence-corrected chi connectivity index (χ4v) is 1.36. The molecule has 3 heteroatoms. The van der Waals surface area contributed by atoms with E-state index < -0.39 is 0 Å². The third-order valence-electron chi connectivity index (χ3n) is 1.94. The van der Waals surface area contributed by atoms with Gasteiger partial charge in [-0.25, -0.2) is 0 Å². The molecular formula is C6H11NO2. The number of rotatable bonds is 0. The van der Waals surface area contributed by atoms with E-state index in [4.69, 9.17) is 15.2 Å². The van der Waals surface area contributed by atoms with Crippen LogP contribution in [-0.2, 0) is 9.47 Å². The van der Waals surface area contributed by atoms with Gasteiger partial charge < -0.3 is 15.2 Å². The van der Waals surface area contributed by atoms with Gasteiger partial charge in [-0.05, 0) is 12.8 Å². The Morgan fingerprint density at radius 2 is 2.22 bits per heavy atom. The fourth-order valence-electron chi connectivity index (χ4n) is 1.36. The van der Waals surface area contributed by atoms with Gasteiger partial charge in [-0.2, -0.15) is 0 Å². The van der Waals surface area contributed by atoms with Crippen molar-refractivity contribution in [2.45, 2.75) is 31.3 Å². The average Bonchev–Trinajstić information content (AvgIpc) is 2.25. The predicted octanol–water partition coefficient (Wildman–Crippen LogP) is -0.151. The van der Waals surface area contributed by atoms with Crippen molar-refractivity contribution >= 4 is 0 Å². The zero-order chi connectivity index (χ0) is 6.27. The zero-order valence-corrected chi connectivity index (χ0v) is 5.25. The summed E-state index contributed by atoms with van der Waals surface area (Å²) in [6.45, 7) is 0.748. The van der Waals surface area contributed by atoms with Gasteiger partial charge in [0.2, 0.25) is 0 Å². The molecule has 0 aromatic carbocycles. The summed E-state index contributed by atoms with van der Waals surface area (Å²) in [5, 5.41) is 0. The molecule has 3 atom stereocenters. The summed E-state index contributed by atoms with van der Waals surface area (Å²) in [6, 6.07) is 0.115. The second-order valence-corrected chi connectivity index (χ2v) is 2.70. The van der Waals surface area contributed by atoms with Crippen LogP contribution in [0.15, 0.2) is 0 Å². The van der Waals surface area contributed by atoms with Crippen LogP contribution in [0.25, 0.3) is 0 Å². The highest BCUT2D eigenvalue weighted by Crippen LogP contribution is 2.25. The molecule has 52 valence electrons. The molecule has 2 rings (SSSR count). The standard InChI is InChI=1S/C6H11NO2/c7-5-2-1-4-3-8-6(5)9-4/h4-6H,1-3,7H2/t4-,5?,6+/m0/s1. The van der Waals surface area contributed by atoms with Crippen molar-refractivity contribution in [1.29, 1.82) is 0 Å². The van der Waals surface area contributed by atoms with Crippen LogP contribution in [0.5, 0.6) is 0 Å². The maximum absolute atomic E-state index is 5.67. The first-order chi connectivity index (χ1) is 4.36. The van der Waals surface area contributed by atoms with Gasteiger partial charge in [0.25, 0.3) is 0 Å². The molecule has 2 bridgehead atoms. The Balaban J connectivity index is 2.05. The molecule has 0 aliphatic carbocycles. The van der Waals surface area contributed by atoms with Crippen LogP contribution in [0, 0.1) is 0 Å². The summed E-state index contributed by atoms with van der Waals surface area (Å²) < 4.78 is 10.6. The summed E-state index contributed by atoms with van der Waals surface area (Å²) in [7, 11) is 0. The maximum atomic E-state index is 5.67. The first-order valence-corrected chi connectivity index (χ1v) is 3.39. The van der Waals surface area contributed by atoms with Gasteiger partial charge in [-0.15, -0.1) is 0 Å². The Kier molecular flexibility index (Phi) is 1.22. The van der Waals surface area contributed by atoms with E-state index in [0.29, 0.717) is 6.10 Å². The van der Waals surface area contributed by atoms with Crippen LogP contribution in [0.1, 0.15) is 12.8 Å². The SMILES string of the molecule is NC1CC[C@H]2CO[C@@H]1O2. The molecule has 2 fully saturated rings. The largest absolute Gasteiger partial charge is 0.348 e. The molecular weight excluding hydrogens is 118 g/mol. The Morgan fingerprint density at radius 1 is 1.33 bits per heavy atom. The highest BCUT2D eigenvalue weighted by Gasteiger charge is 2.35. The smallest absolute Gasteiger partial charge is 0.173 e. The summed E-state index contributed by atoms with van der Waals surface area (Å²) in [5.74, 6) is 0. The van der Waals surface area contributed by atoms with Gasteiger partial charge in [-0.3, -0.25) is 0 Å². The molecule has 9 heavy (non-hydrogen) atoms. The number of ether oxygens (including phenoxy) is 2. The Bertz CT molecular complexity index is 118. The number of nitrogens with two attached hydrogens (primary N) is 1. The van der Waals surface area contributed by atoms with Crippen LogP contribution < -0.4 is 5.73 Å². The van der Waals surface area contributed by atoms with Crippen molar-refractivity contribution in [3.8, 4) is 0 Å². The minimum atomic E-state index is -0.0938. The van der Waals surface area contributed by atoms with Crippen molar-refractivity contribution in [3.05, 3.63) is 0 Å². The van der Waals surface area contributed by atoms with Crippen LogP contribution in [0.3, 0.4) is 0 Å². The molecule has 0 amide bonds. The monoisotopic (exact) mass is 129 g/mol. The highest BCUT2D eigenvalue weighted by atomic mass is 16.7. The molecule has 0 aromatic rings. The van der Waals surface area contributed by atoms with E-state index in [0.717, 1.165) is 19.4 Å². The molecule has 0 saturated carbocycles. The second kappa shape index (κ2) is 1.94. The normalized spacial score (nSPS) is 49.7. The van der Waals surface area contributed by atoms with Gasteiger partial charge in [-0.1, -0.05) is 0 Å². The van der Waals surface area contributed by atoms with Crippen LogP contribution in [-0.4, -0.2) is 25.0 Å². The van der Waals surface area contributed by atoms with Gasteiger partial charge in [0.05, 0.1) is 18.8 Å². The zero-order valence-electron chi connectivity index (χ0n) is 5.25. The van der Waals surface area contributed by atoms with Crippen molar-refractivity contribution in [2.75, 3.05) is 6.61 Å². The highest BCUT2D eigenvalue weighted by molar-refractivity contribution is 4.80. The average molecular weight is 129 g/mol. The molecule has 2 N–H and O–H groups in total. The van der Waals surface area contributed by atoms with Crippen molar-refractivity contribution < 1.29 is 9.47 Å². The number of hydrogen-bond donors (Lipinski definition) is 1. The minimum Gasteiger partial charge on any atom is -0.348 e. The van der Waals surface area contributed by atoms with Gasteiger partial charge in [0, 0.05) is 0 Å². The first kappa shape index (κ1) is 5.65. The van der Waals surface area contributed by atoms with Crippen molar-refractivity contribution in [2.24, 2.45) is 5.73 Å². The van der Waals surface area contributed by atoms with Gasteiger partial charge in [0.1, 0.15) is 0 Å². The summed E-state index contributed by atoms with van der Waals surface area (Å²) >= 11 is 0. The van der Waals surface area contributed by atoms with Crippen LogP contribution >= 0.6 is 0 Å². The van der Waals surface area contributed by atoms with Gasteiger partial charge >= 0.3 is 0 Å².